The minimum Gasteiger partial charge on any atom is -0.319 e. The maximum absolute atomic E-state index is 3.51. The number of benzene rings is 1. The molecule has 2 unspecified atom stereocenters. The van der Waals surface area contributed by atoms with E-state index in [9.17, 15) is 0 Å². The van der Waals surface area contributed by atoms with Gasteiger partial charge in [-0.05, 0) is 51.2 Å². The van der Waals surface area contributed by atoms with Crippen molar-refractivity contribution < 1.29 is 0 Å². The largest absolute Gasteiger partial charge is 0.319 e. The van der Waals surface area contributed by atoms with E-state index in [2.05, 4.69) is 71.3 Å². The van der Waals surface area contributed by atoms with Gasteiger partial charge >= 0.3 is 0 Å². The van der Waals surface area contributed by atoms with Gasteiger partial charge in [0, 0.05) is 17.1 Å². The van der Waals surface area contributed by atoms with Gasteiger partial charge in [0.1, 0.15) is 0 Å². The molecule has 2 nitrogen and oxygen atoms in total. The smallest absolute Gasteiger partial charge is 0.0234 e. The summed E-state index contributed by atoms with van der Waals surface area (Å²) in [5, 5.41) is 3.24. The summed E-state index contributed by atoms with van der Waals surface area (Å²) < 4.78 is 1.15. The third-order valence-electron chi connectivity index (χ3n) is 3.37. The molecule has 0 fully saturated rings. The SMILES string of the molecule is CNCC(C)C(C)N(C)Cc1cccc(Br)c1. The Morgan fingerprint density at radius 1 is 1.35 bits per heavy atom. The van der Waals surface area contributed by atoms with Crippen molar-refractivity contribution in [1.29, 1.82) is 0 Å². The van der Waals surface area contributed by atoms with Gasteiger partial charge < -0.3 is 5.32 Å². The van der Waals surface area contributed by atoms with Gasteiger partial charge in [-0.15, -0.1) is 0 Å². The Labute approximate surface area is 114 Å². The molecule has 0 heterocycles. The molecule has 0 saturated carbocycles. The lowest BCUT2D eigenvalue weighted by atomic mass is 10.0. The minimum atomic E-state index is 0.571. The van der Waals surface area contributed by atoms with E-state index in [0.29, 0.717) is 12.0 Å². The summed E-state index contributed by atoms with van der Waals surface area (Å²) in [6.07, 6.45) is 0. The van der Waals surface area contributed by atoms with Crippen molar-refractivity contribution >= 4 is 15.9 Å². The quantitative estimate of drug-likeness (QED) is 0.868. The number of rotatable bonds is 6. The molecule has 3 heteroatoms. The second kappa shape index (κ2) is 7.14. The van der Waals surface area contributed by atoms with Gasteiger partial charge in [0.15, 0.2) is 0 Å². The highest BCUT2D eigenvalue weighted by molar-refractivity contribution is 9.10. The van der Waals surface area contributed by atoms with Gasteiger partial charge in [-0.2, -0.15) is 0 Å². The van der Waals surface area contributed by atoms with Gasteiger partial charge in [-0.25, -0.2) is 0 Å². The van der Waals surface area contributed by atoms with Crippen LogP contribution in [-0.4, -0.2) is 31.6 Å². The summed E-state index contributed by atoms with van der Waals surface area (Å²) >= 11 is 3.51. The van der Waals surface area contributed by atoms with Crippen LogP contribution in [0.25, 0.3) is 0 Å². The first-order valence-electron chi connectivity index (χ1n) is 6.14. The maximum Gasteiger partial charge on any atom is 0.0234 e. The standard InChI is InChI=1S/C14H23BrN2/c1-11(9-16-3)12(2)17(4)10-13-6-5-7-14(15)8-13/h5-8,11-12,16H,9-10H2,1-4H3. The van der Waals surface area contributed by atoms with Crippen molar-refractivity contribution in [2.75, 3.05) is 20.6 Å². The van der Waals surface area contributed by atoms with E-state index in [1.165, 1.54) is 5.56 Å². The summed E-state index contributed by atoms with van der Waals surface area (Å²) in [6, 6.07) is 9.09. The molecule has 1 N–H and O–H groups in total. The van der Waals surface area contributed by atoms with Crippen LogP contribution in [0.15, 0.2) is 28.7 Å². The first-order chi connectivity index (χ1) is 8.04. The summed E-state index contributed by atoms with van der Waals surface area (Å²) in [7, 11) is 4.20. The number of hydrogen-bond acceptors (Lipinski definition) is 2. The Bertz CT molecular complexity index is 341. The highest BCUT2D eigenvalue weighted by Crippen LogP contribution is 2.16. The van der Waals surface area contributed by atoms with Crippen LogP contribution in [-0.2, 0) is 6.54 Å². The number of halogens is 1. The Kier molecular flexibility index (Phi) is 6.17. The van der Waals surface area contributed by atoms with Gasteiger partial charge in [0.05, 0.1) is 0 Å². The molecule has 0 aliphatic heterocycles. The summed E-state index contributed by atoms with van der Waals surface area (Å²) in [6.45, 7) is 6.64. The van der Waals surface area contributed by atoms with Crippen molar-refractivity contribution in [2.45, 2.75) is 26.4 Å². The van der Waals surface area contributed by atoms with Crippen LogP contribution < -0.4 is 5.32 Å². The first-order valence-corrected chi connectivity index (χ1v) is 6.93. The van der Waals surface area contributed by atoms with Crippen molar-refractivity contribution in [2.24, 2.45) is 5.92 Å². The van der Waals surface area contributed by atoms with Gasteiger partial charge in [-0.3, -0.25) is 4.90 Å². The van der Waals surface area contributed by atoms with Crippen molar-refractivity contribution in [3.63, 3.8) is 0 Å². The van der Waals surface area contributed by atoms with E-state index in [-0.39, 0.29) is 0 Å². The van der Waals surface area contributed by atoms with Gasteiger partial charge in [0.2, 0.25) is 0 Å². The fraction of sp³-hybridized carbons (Fsp3) is 0.571. The molecule has 0 saturated heterocycles. The molecule has 96 valence electrons. The zero-order chi connectivity index (χ0) is 12.8. The summed E-state index contributed by atoms with van der Waals surface area (Å²) in [5.41, 5.74) is 1.35. The maximum atomic E-state index is 3.51. The summed E-state index contributed by atoms with van der Waals surface area (Å²) in [4.78, 5) is 2.41. The van der Waals surface area contributed by atoms with Crippen LogP contribution >= 0.6 is 15.9 Å². The van der Waals surface area contributed by atoms with Crippen LogP contribution in [0.2, 0.25) is 0 Å². The van der Waals surface area contributed by atoms with Crippen molar-refractivity contribution in [3.05, 3.63) is 34.3 Å². The molecule has 0 spiro atoms. The van der Waals surface area contributed by atoms with Crippen LogP contribution in [0.4, 0.5) is 0 Å². The van der Waals surface area contributed by atoms with E-state index >= 15 is 0 Å². The Balaban J connectivity index is 2.56. The molecule has 17 heavy (non-hydrogen) atoms. The second-order valence-electron chi connectivity index (χ2n) is 4.82. The molecule has 1 aromatic rings. The molecule has 0 aliphatic rings. The average molecular weight is 299 g/mol. The lowest BCUT2D eigenvalue weighted by Crippen LogP contribution is -2.37. The van der Waals surface area contributed by atoms with Gasteiger partial charge in [-0.1, -0.05) is 35.0 Å². The van der Waals surface area contributed by atoms with Crippen LogP contribution in [0, 0.1) is 5.92 Å². The molecule has 0 radical (unpaired) electrons. The molecule has 1 aromatic carbocycles. The van der Waals surface area contributed by atoms with Crippen LogP contribution in [0.5, 0.6) is 0 Å². The monoisotopic (exact) mass is 298 g/mol. The Morgan fingerprint density at radius 3 is 2.65 bits per heavy atom. The molecule has 0 amide bonds. The van der Waals surface area contributed by atoms with Gasteiger partial charge in [0.25, 0.3) is 0 Å². The molecule has 1 rings (SSSR count). The fourth-order valence-corrected chi connectivity index (χ4v) is 2.44. The van der Waals surface area contributed by atoms with Crippen LogP contribution in [0.3, 0.4) is 0 Å². The molecule has 0 aromatic heterocycles. The van der Waals surface area contributed by atoms with E-state index in [1.54, 1.807) is 0 Å². The second-order valence-corrected chi connectivity index (χ2v) is 5.74. The first kappa shape index (κ1) is 14.7. The molecule has 2 atom stereocenters. The normalized spacial score (nSPS) is 14.9. The third kappa shape index (κ3) is 4.78. The summed E-state index contributed by atoms with van der Waals surface area (Å²) in [5.74, 6) is 0.650. The number of nitrogens with one attached hydrogen (secondary N) is 1. The van der Waals surface area contributed by atoms with Crippen molar-refractivity contribution in [3.8, 4) is 0 Å². The van der Waals surface area contributed by atoms with E-state index < -0.39 is 0 Å². The fourth-order valence-electron chi connectivity index (χ4n) is 1.99. The molecular formula is C14H23BrN2. The Morgan fingerprint density at radius 2 is 2.06 bits per heavy atom. The van der Waals surface area contributed by atoms with Crippen LogP contribution in [0.1, 0.15) is 19.4 Å². The molecule has 0 bridgehead atoms. The number of nitrogens with zero attached hydrogens (tertiary/aromatic N) is 1. The highest BCUT2D eigenvalue weighted by atomic mass is 79.9. The topological polar surface area (TPSA) is 15.3 Å². The average Bonchev–Trinajstić information content (AvgIpc) is 2.28. The lowest BCUT2D eigenvalue weighted by Gasteiger charge is -2.29. The third-order valence-corrected chi connectivity index (χ3v) is 3.86. The van der Waals surface area contributed by atoms with E-state index in [4.69, 9.17) is 0 Å². The predicted octanol–water partition coefficient (Wildman–Crippen LogP) is 3.12. The van der Waals surface area contributed by atoms with E-state index in [0.717, 1.165) is 17.6 Å². The predicted molar refractivity (Wildman–Crippen MR) is 78.2 cm³/mol. The lowest BCUT2D eigenvalue weighted by molar-refractivity contribution is 0.190. The molecular weight excluding hydrogens is 276 g/mol. The highest BCUT2D eigenvalue weighted by Gasteiger charge is 2.16. The zero-order valence-electron chi connectivity index (χ0n) is 11.2. The number of hydrogen-bond donors (Lipinski definition) is 1. The molecule has 0 aliphatic carbocycles. The minimum absolute atomic E-state index is 0.571. The Hall–Kier alpha value is -0.380. The zero-order valence-corrected chi connectivity index (χ0v) is 12.8. The van der Waals surface area contributed by atoms with E-state index in [1.807, 2.05) is 7.05 Å². The van der Waals surface area contributed by atoms with Crippen molar-refractivity contribution in [1.82, 2.24) is 10.2 Å².